The van der Waals surface area contributed by atoms with Gasteiger partial charge in [-0.25, -0.2) is 4.79 Å². The molecule has 0 aliphatic carbocycles. The molecule has 0 radical (unpaired) electrons. The van der Waals surface area contributed by atoms with E-state index in [2.05, 4.69) is 16.7 Å². The van der Waals surface area contributed by atoms with E-state index in [1.165, 1.54) is 0 Å². The summed E-state index contributed by atoms with van der Waals surface area (Å²) >= 11 is 0. The van der Waals surface area contributed by atoms with Crippen molar-refractivity contribution < 1.29 is 9.53 Å². The molecule has 0 aliphatic rings. The highest BCUT2D eigenvalue weighted by molar-refractivity contribution is 5.89. The first-order valence-corrected chi connectivity index (χ1v) is 7.34. The Morgan fingerprint density at radius 2 is 1.88 bits per heavy atom. The van der Waals surface area contributed by atoms with Crippen molar-refractivity contribution in [3.8, 4) is 23.6 Å². The van der Waals surface area contributed by atoms with E-state index in [1.54, 1.807) is 55.5 Å². The molecule has 1 atom stereocenters. The van der Waals surface area contributed by atoms with Crippen LogP contribution in [-0.4, -0.2) is 12.1 Å². The lowest BCUT2D eigenvalue weighted by molar-refractivity contribution is 0.249. The van der Waals surface area contributed by atoms with Gasteiger partial charge in [-0.1, -0.05) is 12.1 Å². The molecule has 0 saturated carbocycles. The smallest absolute Gasteiger partial charge is 0.319 e. The summed E-state index contributed by atoms with van der Waals surface area (Å²) < 4.78 is 5.67. The zero-order valence-electron chi connectivity index (χ0n) is 13.1. The van der Waals surface area contributed by atoms with Gasteiger partial charge in [0.25, 0.3) is 0 Å². The summed E-state index contributed by atoms with van der Waals surface area (Å²) in [6.07, 6.45) is 0.249. The van der Waals surface area contributed by atoms with E-state index in [-0.39, 0.29) is 18.5 Å². The second kappa shape index (κ2) is 8.21. The van der Waals surface area contributed by atoms with Crippen LogP contribution in [0.4, 0.5) is 10.5 Å². The third kappa shape index (κ3) is 4.75. The first kappa shape index (κ1) is 16.9. The number of benzene rings is 2. The fourth-order valence-electron chi connectivity index (χ4n) is 1.96. The van der Waals surface area contributed by atoms with Crippen LogP contribution in [0.15, 0.2) is 48.5 Å². The number of hydrogen-bond acceptors (Lipinski definition) is 4. The number of anilines is 1. The van der Waals surface area contributed by atoms with Crippen molar-refractivity contribution in [2.75, 3.05) is 5.32 Å². The molecule has 2 amide bonds. The Morgan fingerprint density at radius 3 is 2.54 bits per heavy atom. The molecule has 0 bridgehead atoms. The topological polar surface area (TPSA) is 97.9 Å². The molecule has 0 saturated heterocycles. The summed E-state index contributed by atoms with van der Waals surface area (Å²) in [5.41, 5.74) is 1.04. The van der Waals surface area contributed by atoms with Crippen LogP contribution in [0.1, 0.15) is 18.9 Å². The van der Waals surface area contributed by atoms with Crippen molar-refractivity contribution in [2.45, 2.75) is 19.4 Å². The average molecular weight is 320 g/mol. The minimum Gasteiger partial charge on any atom is -0.456 e. The normalized spacial score (nSPS) is 10.8. The molecule has 2 aromatic carbocycles. The monoisotopic (exact) mass is 320 g/mol. The predicted octanol–water partition coefficient (Wildman–Crippen LogP) is 3.77. The summed E-state index contributed by atoms with van der Waals surface area (Å²) in [5.74, 6) is 1.03. The number of hydrogen-bond donors (Lipinski definition) is 2. The van der Waals surface area contributed by atoms with E-state index >= 15 is 0 Å². The number of carbonyl (C=O) groups is 1. The van der Waals surface area contributed by atoms with E-state index in [1.807, 2.05) is 6.07 Å². The molecule has 0 spiro atoms. The van der Waals surface area contributed by atoms with Gasteiger partial charge in [0.05, 0.1) is 18.1 Å². The SMILES string of the molecule is C[C@@H](CC#N)NC(=O)Nc1ccc(Oc2ccccc2C#N)cc1. The molecule has 0 aromatic heterocycles. The lowest BCUT2D eigenvalue weighted by Crippen LogP contribution is -2.35. The largest absolute Gasteiger partial charge is 0.456 e. The van der Waals surface area contributed by atoms with Crippen LogP contribution in [0.3, 0.4) is 0 Å². The van der Waals surface area contributed by atoms with E-state index in [0.29, 0.717) is 22.7 Å². The van der Waals surface area contributed by atoms with Gasteiger partial charge >= 0.3 is 6.03 Å². The van der Waals surface area contributed by atoms with Gasteiger partial charge in [0, 0.05) is 11.7 Å². The standard InChI is InChI=1S/C18H16N4O2/c1-13(10-11-19)21-18(23)22-15-6-8-16(9-7-15)24-17-5-3-2-4-14(17)12-20/h2-9,13H,10H2,1H3,(H2,21,22,23)/t13-/m0/s1. The molecular weight excluding hydrogens is 304 g/mol. The lowest BCUT2D eigenvalue weighted by atomic mass is 10.2. The second-order valence-electron chi connectivity index (χ2n) is 5.10. The van der Waals surface area contributed by atoms with Crippen LogP contribution in [0, 0.1) is 22.7 Å². The van der Waals surface area contributed by atoms with Gasteiger partial charge in [-0.2, -0.15) is 10.5 Å². The fourth-order valence-corrected chi connectivity index (χ4v) is 1.96. The molecule has 2 rings (SSSR count). The van der Waals surface area contributed by atoms with Crippen molar-refractivity contribution in [1.82, 2.24) is 5.32 Å². The first-order valence-electron chi connectivity index (χ1n) is 7.34. The molecule has 6 heteroatoms. The average Bonchev–Trinajstić information content (AvgIpc) is 2.57. The van der Waals surface area contributed by atoms with Crippen LogP contribution in [0.5, 0.6) is 11.5 Å². The maximum atomic E-state index is 11.8. The van der Waals surface area contributed by atoms with Crippen LogP contribution in [0.25, 0.3) is 0 Å². The van der Waals surface area contributed by atoms with Gasteiger partial charge in [-0.05, 0) is 43.3 Å². The zero-order chi connectivity index (χ0) is 17.4. The molecule has 24 heavy (non-hydrogen) atoms. The Hall–Kier alpha value is -3.51. The van der Waals surface area contributed by atoms with Crippen molar-refractivity contribution >= 4 is 11.7 Å². The number of ether oxygens (including phenoxy) is 1. The highest BCUT2D eigenvalue weighted by Gasteiger charge is 2.07. The summed E-state index contributed by atoms with van der Waals surface area (Å²) in [6.45, 7) is 1.76. The summed E-state index contributed by atoms with van der Waals surface area (Å²) in [7, 11) is 0. The van der Waals surface area contributed by atoms with Crippen LogP contribution >= 0.6 is 0 Å². The predicted molar refractivity (Wildman–Crippen MR) is 89.5 cm³/mol. The Morgan fingerprint density at radius 1 is 1.17 bits per heavy atom. The van der Waals surface area contributed by atoms with Gasteiger partial charge in [0.2, 0.25) is 0 Å². The van der Waals surface area contributed by atoms with E-state index in [9.17, 15) is 4.79 Å². The fraction of sp³-hybridized carbons (Fsp3) is 0.167. The summed E-state index contributed by atoms with van der Waals surface area (Å²) in [4.78, 5) is 11.8. The third-order valence-corrected chi connectivity index (χ3v) is 3.12. The number of urea groups is 1. The highest BCUT2D eigenvalue weighted by atomic mass is 16.5. The quantitative estimate of drug-likeness (QED) is 0.876. The Kier molecular flexibility index (Phi) is 5.76. The van der Waals surface area contributed by atoms with Gasteiger partial charge < -0.3 is 15.4 Å². The number of nitrogens with one attached hydrogen (secondary N) is 2. The second-order valence-corrected chi connectivity index (χ2v) is 5.10. The first-order chi connectivity index (χ1) is 11.6. The maximum absolute atomic E-state index is 11.8. The Balaban J connectivity index is 1.97. The summed E-state index contributed by atoms with van der Waals surface area (Å²) in [6, 6.07) is 17.2. The molecule has 0 heterocycles. The summed E-state index contributed by atoms with van der Waals surface area (Å²) in [5, 5.41) is 23.0. The molecular formula is C18H16N4O2. The number of para-hydroxylation sites is 1. The molecule has 6 nitrogen and oxygen atoms in total. The van der Waals surface area contributed by atoms with E-state index in [0.717, 1.165) is 0 Å². The van der Waals surface area contributed by atoms with Crippen molar-refractivity contribution in [1.29, 1.82) is 10.5 Å². The minimum atomic E-state index is -0.374. The van der Waals surface area contributed by atoms with Gasteiger partial charge in [-0.3, -0.25) is 0 Å². The van der Waals surface area contributed by atoms with E-state index in [4.69, 9.17) is 15.3 Å². The molecule has 0 fully saturated rings. The van der Waals surface area contributed by atoms with Crippen LogP contribution in [0.2, 0.25) is 0 Å². The number of amides is 2. The Bertz CT molecular complexity index is 788. The molecule has 120 valence electrons. The van der Waals surface area contributed by atoms with Crippen molar-refractivity contribution in [3.05, 3.63) is 54.1 Å². The van der Waals surface area contributed by atoms with Crippen molar-refractivity contribution in [3.63, 3.8) is 0 Å². The van der Waals surface area contributed by atoms with Crippen LogP contribution in [-0.2, 0) is 0 Å². The number of rotatable bonds is 5. The zero-order valence-corrected chi connectivity index (χ0v) is 13.1. The molecule has 0 aliphatic heterocycles. The molecule has 2 N–H and O–H groups in total. The third-order valence-electron chi connectivity index (χ3n) is 3.12. The number of carbonyl (C=O) groups excluding carboxylic acids is 1. The van der Waals surface area contributed by atoms with Gasteiger partial charge in [0.1, 0.15) is 17.6 Å². The number of nitriles is 2. The molecule has 2 aromatic rings. The van der Waals surface area contributed by atoms with Gasteiger partial charge in [0.15, 0.2) is 0 Å². The van der Waals surface area contributed by atoms with Crippen LogP contribution < -0.4 is 15.4 Å². The molecule has 0 unspecified atom stereocenters. The van der Waals surface area contributed by atoms with E-state index < -0.39 is 0 Å². The highest BCUT2D eigenvalue weighted by Crippen LogP contribution is 2.25. The number of nitrogens with zero attached hydrogens (tertiary/aromatic N) is 2. The Labute approximate surface area is 140 Å². The maximum Gasteiger partial charge on any atom is 0.319 e. The van der Waals surface area contributed by atoms with Gasteiger partial charge in [-0.15, -0.1) is 0 Å². The van der Waals surface area contributed by atoms with Crippen molar-refractivity contribution in [2.24, 2.45) is 0 Å². The lowest BCUT2D eigenvalue weighted by Gasteiger charge is -2.12. The minimum absolute atomic E-state index is 0.222.